The maximum atomic E-state index is 10.4. The molecular weight excluding hydrogens is 406 g/mol. The van der Waals surface area contributed by atoms with Crippen LogP contribution in [0.3, 0.4) is 0 Å². The normalized spacial score (nSPS) is 39.8. The lowest BCUT2D eigenvalue weighted by Gasteiger charge is -2.44. The molecule has 0 aromatic heterocycles. The van der Waals surface area contributed by atoms with E-state index in [2.05, 4.69) is 51.9 Å². The third-order valence-electron chi connectivity index (χ3n) is 9.83. The summed E-state index contributed by atoms with van der Waals surface area (Å²) >= 11 is 0. The topological polar surface area (TPSA) is 41.8 Å². The van der Waals surface area contributed by atoms with Gasteiger partial charge in [0.25, 0.3) is 0 Å². The lowest BCUT2D eigenvalue weighted by Crippen LogP contribution is -2.38. The van der Waals surface area contributed by atoms with Crippen molar-refractivity contribution < 1.29 is 9.94 Å². The van der Waals surface area contributed by atoms with Gasteiger partial charge in [-0.25, -0.2) is 0 Å². The summed E-state index contributed by atoms with van der Waals surface area (Å²) in [5.74, 6) is 3.26. The van der Waals surface area contributed by atoms with E-state index in [9.17, 15) is 5.11 Å². The SMILES string of the molecule is CCC1=NO[C@@]2(CC[C@H](O)C/C2=C/C=C2\CCC[C@]3(C)[C@@H]([C@H](C)CCCC(C)C)CC[C@@H]23)C1. The van der Waals surface area contributed by atoms with Crippen LogP contribution < -0.4 is 0 Å². The second-order valence-corrected chi connectivity index (χ2v) is 12.5. The van der Waals surface area contributed by atoms with Crippen LogP contribution in [-0.4, -0.2) is 22.5 Å². The number of allylic oxidation sites excluding steroid dienone is 3. The molecule has 3 saturated carbocycles. The summed E-state index contributed by atoms with van der Waals surface area (Å²) in [6, 6.07) is 0. The third-order valence-corrected chi connectivity index (χ3v) is 9.83. The van der Waals surface area contributed by atoms with Gasteiger partial charge in [0.1, 0.15) is 0 Å². The number of rotatable bonds is 7. The van der Waals surface area contributed by atoms with E-state index in [1.807, 2.05) is 0 Å². The number of nitrogens with zero attached hydrogens (tertiary/aromatic N) is 1. The van der Waals surface area contributed by atoms with Gasteiger partial charge in [0.05, 0.1) is 11.8 Å². The Labute approximate surface area is 203 Å². The molecule has 0 bridgehead atoms. The minimum Gasteiger partial charge on any atom is -0.393 e. The van der Waals surface area contributed by atoms with Gasteiger partial charge in [-0.15, -0.1) is 0 Å². The average molecular weight is 456 g/mol. The first-order chi connectivity index (χ1) is 15.8. The lowest BCUT2D eigenvalue weighted by molar-refractivity contribution is -0.0282. The molecule has 0 amide bonds. The van der Waals surface area contributed by atoms with E-state index in [-0.39, 0.29) is 11.7 Å². The fourth-order valence-corrected chi connectivity index (χ4v) is 7.84. The maximum absolute atomic E-state index is 10.4. The molecule has 1 heterocycles. The van der Waals surface area contributed by atoms with Crippen molar-refractivity contribution in [3.63, 3.8) is 0 Å². The molecule has 1 N–H and O–H groups in total. The van der Waals surface area contributed by atoms with Crippen LogP contribution in [0.15, 0.2) is 28.5 Å². The molecule has 0 aromatic rings. The monoisotopic (exact) mass is 455 g/mol. The van der Waals surface area contributed by atoms with Crippen molar-refractivity contribution in [3.05, 3.63) is 23.3 Å². The van der Waals surface area contributed by atoms with Crippen molar-refractivity contribution in [1.82, 2.24) is 0 Å². The van der Waals surface area contributed by atoms with Crippen LogP contribution in [0.5, 0.6) is 0 Å². The van der Waals surface area contributed by atoms with Crippen LogP contribution in [0.1, 0.15) is 118 Å². The Bertz CT molecular complexity index is 780. The van der Waals surface area contributed by atoms with E-state index < -0.39 is 0 Å². The molecule has 186 valence electrons. The highest BCUT2D eigenvalue weighted by atomic mass is 16.7. The zero-order valence-electron chi connectivity index (χ0n) is 22.0. The molecule has 0 aromatic carbocycles. The van der Waals surface area contributed by atoms with Gasteiger partial charge in [-0.1, -0.05) is 76.8 Å². The zero-order valence-corrected chi connectivity index (χ0v) is 22.0. The Morgan fingerprint density at radius 1 is 1.12 bits per heavy atom. The van der Waals surface area contributed by atoms with Gasteiger partial charge in [-0.2, -0.15) is 0 Å². The molecule has 3 heteroatoms. The molecule has 3 fully saturated rings. The van der Waals surface area contributed by atoms with Crippen molar-refractivity contribution in [2.75, 3.05) is 0 Å². The second-order valence-electron chi connectivity index (χ2n) is 12.5. The predicted molar refractivity (Wildman–Crippen MR) is 138 cm³/mol. The molecule has 0 radical (unpaired) electrons. The van der Waals surface area contributed by atoms with Crippen molar-refractivity contribution in [2.45, 2.75) is 130 Å². The lowest BCUT2D eigenvalue weighted by atomic mass is 9.60. The minimum atomic E-state index is -0.289. The molecular formula is C30H49NO2. The predicted octanol–water partition coefficient (Wildman–Crippen LogP) is 7.99. The van der Waals surface area contributed by atoms with Crippen molar-refractivity contribution in [2.24, 2.45) is 34.2 Å². The fourth-order valence-electron chi connectivity index (χ4n) is 7.84. The molecule has 3 aliphatic carbocycles. The fraction of sp³-hybridized carbons (Fsp3) is 0.833. The smallest absolute Gasteiger partial charge is 0.164 e. The maximum Gasteiger partial charge on any atom is 0.164 e. The van der Waals surface area contributed by atoms with Crippen molar-refractivity contribution in [1.29, 1.82) is 0 Å². The van der Waals surface area contributed by atoms with Crippen LogP contribution >= 0.6 is 0 Å². The molecule has 33 heavy (non-hydrogen) atoms. The van der Waals surface area contributed by atoms with Crippen molar-refractivity contribution >= 4 is 5.71 Å². The quantitative estimate of drug-likeness (QED) is 0.422. The molecule has 4 aliphatic rings. The first-order valence-electron chi connectivity index (χ1n) is 14.1. The summed E-state index contributed by atoms with van der Waals surface area (Å²) in [7, 11) is 0. The van der Waals surface area contributed by atoms with Crippen LogP contribution in [0.2, 0.25) is 0 Å². The minimum absolute atomic E-state index is 0.242. The summed E-state index contributed by atoms with van der Waals surface area (Å²) in [4.78, 5) is 6.07. The molecule has 1 aliphatic heterocycles. The van der Waals surface area contributed by atoms with E-state index >= 15 is 0 Å². The van der Waals surface area contributed by atoms with Gasteiger partial charge < -0.3 is 9.94 Å². The van der Waals surface area contributed by atoms with Gasteiger partial charge in [-0.3, -0.25) is 0 Å². The summed E-state index contributed by atoms with van der Waals surface area (Å²) in [5, 5.41) is 14.8. The molecule has 0 saturated heterocycles. The van der Waals surface area contributed by atoms with E-state index in [4.69, 9.17) is 4.84 Å². The molecule has 1 spiro atoms. The van der Waals surface area contributed by atoms with Crippen LogP contribution in [0, 0.1) is 29.1 Å². The van der Waals surface area contributed by atoms with E-state index in [0.717, 1.165) is 55.8 Å². The number of oxime groups is 1. The number of fused-ring (bicyclic) bond motifs is 1. The number of hydrogen-bond donors (Lipinski definition) is 1. The first kappa shape index (κ1) is 25.0. The number of aliphatic hydroxyl groups is 1. The van der Waals surface area contributed by atoms with Crippen LogP contribution in [0.4, 0.5) is 0 Å². The Hall–Kier alpha value is -1.09. The Balaban J connectivity index is 1.50. The van der Waals surface area contributed by atoms with Crippen molar-refractivity contribution in [3.8, 4) is 0 Å². The van der Waals surface area contributed by atoms with Gasteiger partial charge in [-0.05, 0) is 92.4 Å². The van der Waals surface area contributed by atoms with Gasteiger partial charge in [0.2, 0.25) is 0 Å². The second kappa shape index (κ2) is 10.3. The molecule has 0 unspecified atom stereocenters. The zero-order chi connectivity index (χ0) is 23.6. The Kier molecular flexibility index (Phi) is 7.78. The van der Waals surface area contributed by atoms with E-state index in [1.165, 1.54) is 62.7 Å². The van der Waals surface area contributed by atoms with Gasteiger partial charge in [0.15, 0.2) is 5.60 Å². The molecule has 6 atom stereocenters. The van der Waals surface area contributed by atoms with E-state index in [0.29, 0.717) is 5.41 Å². The number of aliphatic hydroxyl groups excluding tert-OH is 1. The summed E-state index contributed by atoms with van der Waals surface area (Å²) in [5.41, 5.74) is 4.28. The van der Waals surface area contributed by atoms with Crippen LogP contribution in [0.25, 0.3) is 0 Å². The highest BCUT2D eigenvalue weighted by Gasteiger charge is 2.50. The summed E-state index contributed by atoms with van der Waals surface area (Å²) < 4.78 is 0. The largest absolute Gasteiger partial charge is 0.393 e. The average Bonchev–Trinajstić information content (AvgIpc) is 3.36. The highest BCUT2D eigenvalue weighted by molar-refractivity contribution is 5.86. The Morgan fingerprint density at radius 2 is 1.94 bits per heavy atom. The standard InChI is InChI=1S/C30H49NO2/c1-6-25-20-30(33-31-25)18-16-26(32)19-24(30)13-12-23-11-8-17-29(5)27(14-15-28(23)29)22(4)10-7-9-21(2)3/h12-13,21-22,26-28,32H,6-11,14-20H2,1-5H3/b23-12+,24-13-/t22-,26+,27-,28+,29-,30+/m1/s1. The summed E-state index contributed by atoms with van der Waals surface area (Å²) in [6.45, 7) is 12.0. The Morgan fingerprint density at radius 3 is 2.67 bits per heavy atom. The molecule has 4 rings (SSSR count). The summed E-state index contributed by atoms with van der Waals surface area (Å²) in [6.07, 6.45) is 19.7. The third kappa shape index (κ3) is 5.14. The number of hydrogen-bond acceptors (Lipinski definition) is 3. The molecule has 3 nitrogen and oxygen atoms in total. The van der Waals surface area contributed by atoms with Gasteiger partial charge in [0, 0.05) is 6.42 Å². The van der Waals surface area contributed by atoms with E-state index in [1.54, 1.807) is 5.57 Å². The van der Waals surface area contributed by atoms with Crippen LogP contribution in [-0.2, 0) is 4.84 Å². The van der Waals surface area contributed by atoms with Gasteiger partial charge >= 0.3 is 0 Å². The highest BCUT2D eigenvalue weighted by Crippen LogP contribution is 2.60. The first-order valence-corrected chi connectivity index (χ1v) is 14.1.